The van der Waals surface area contributed by atoms with Gasteiger partial charge in [0.15, 0.2) is 11.7 Å². The van der Waals surface area contributed by atoms with Crippen molar-refractivity contribution in [2.24, 2.45) is 5.92 Å². The van der Waals surface area contributed by atoms with Crippen LogP contribution >= 0.6 is 0 Å². The van der Waals surface area contributed by atoms with Gasteiger partial charge in [-0.25, -0.2) is 9.18 Å². The third-order valence-corrected chi connectivity index (χ3v) is 5.12. The van der Waals surface area contributed by atoms with Gasteiger partial charge in [-0.15, -0.1) is 0 Å². The zero-order chi connectivity index (χ0) is 19.9. The lowest BCUT2D eigenvalue weighted by atomic mass is 9.76. The van der Waals surface area contributed by atoms with Crippen molar-refractivity contribution in [3.63, 3.8) is 0 Å². The molecule has 1 heterocycles. The molecule has 1 fully saturated rings. The molecule has 1 saturated heterocycles. The van der Waals surface area contributed by atoms with Crippen molar-refractivity contribution >= 4 is 5.97 Å². The topological polar surface area (TPSA) is 44.8 Å². The fourth-order valence-electron chi connectivity index (χ4n) is 3.45. The van der Waals surface area contributed by atoms with Gasteiger partial charge in [0.25, 0.3) is 0 Å². The van der Waals surface area contributed by atoms with Gasteiger partial charge in [0.05, 0.1) is 13.7 Å². The molecule has 0 aromatic heterocycles. The van der Waals surface area contributed by atoms with E-state index in [1.54, 1.807) is 6.92 Å². The van der Waals surface area contributed by atoms with E-state index < -0.39 is 41.5 Å². The maximum Gasteiger partial charge on any atom is 0.417 e. The molecule has 2 rings (SSSR count). The van der Waals surface area contributed by atoms with Crippen LogP contribution < -0.4 is 4.74 Å². The van der Waals surface area contributed by atoms with Gasteiger partial charge in [-0.2, -0.15) is 13.2 Å². The first-order valence-corrected chi connectivity index (χ1v) is 8.23. The first kappa shape index (κ1) is 20.5. The van der Waals surface area contributed by atoms with Crippen LogP contribution in [0.3, 0.4) is 0 Å². The molecular formula is C18H22F4O4. The lowest BCUT2D eigenvalue weighted by Gasteiger charge is -2.32. The predicted molar refractivity (Wildman–Crippen MR) is 85.6 cm³/mol. The first-order chi connectivity index (χ1) is 12.0. The highest BCUT2D eigenvalue weighted by atomic mass is 19.4. The average molecular weight is 378 g/mol. The summed E-state index contributed by atoms with van der Waals surface area (Å²) in [5.41, 5.74) is -2.12. The molecule has 8 heteroatoms. The molecule has 0 amide bonds. The largest absolute Gasteiger partial charge is 0.496 e. The van der Waals surface area contributed by atoms with E-state index in [-0.39, 0.29) is 23.5 Å². The van der Waals surface area contributed by atoms with E-state index in [0.717, 1.165) is 13.0 Å². The van der Waals surface area contributed by atoms with Gasteiger partial charge in [0.1, 0.15) is 11.6 Å². The Balaban J connectivity index is 2.63. The number of rotatable bonds is 4. The second kappa shape index (κ2) is 7.06. The third kappa shape index (κ3) is 3.15. The molecule has 26 heavy (non-hydrogen) atoms. The van der Waals surface area contributed by atoms with Crippen LogP contribution in [0.15, 0.2) is 12.1 Å². The number of halogens is 4. The van der Waals surface area contributed by atoms with E-state index in [1.807, 2.05) is 0 Å². The van der Waals surface area contributed by atoms with Gasteiger partial charge < -0.3 is 14.2 Å². The number of hydrogen-bond donors (Lipinski definition) is 0. The summed E-state index contributed by atoms with van der Waals surface area (Å²) < 4.78 is 70.2. The van der Waals surface area contributed by atoms with E-state index in [4.69, 9.17) is 14.2 Å². The highest BCUT2D eigenvalue weighted by Gasteiger charge is 2.66. The molecule has 4 atom stereocenters. The van der Waals surface area contributed by atoms with E-state index in [1.165, 1.54) is 27.0 Å². The van der Waals surface area contributed by atoms with Crippen molar-refractivity contribution in [2.75, 3.05) is 13.7 Å². The molecule has 146 valence electrons. The molecule has 0 unspecified atom stereocenters. The summed E-state index contributed by atoms with van der Waals surface area (Å²) in [6.45, 7) is 5.28. The molecule has 0 saturated carbocycles. The quantitative estimate of drug-likeness (QED) is 0.583. The Labute approximate surface area is 149 Å². The van der Waals surface area contributed by atoms with Crippen LogP contribution in [0.4, 0.5) is 17.6 Å². The zero-order valence-corrected chi connectivity index (χ0v) is 15.2. The highest BCUT2D eigenvalue weighted by Crippen LogP contribution is 2.55. The molecule has 0 bridgehead atoms. The number of carbonyl (C=O) groups excluding carboxylic acids is 1. The highest BCUT2D eigenvalue weighted by molar-refractivity contribution is 5.77. The number of carbonyl (C=O) groups is 1. The zero-order valence-electron chi connectivity index (χ0n) is 15.2. The Morgan fingerprint density at radius 1 is 1.35 bits per heavy atom. The molecule has 4 nitrogen and oxygen atoms in total. The monoisotopic (exact) mass is 378 g/mol. The Morgan fingerprint density at radius 3 is 2.46 bits per heavy atom. The molecule has 0 spiro atoms. The molecule has 0 aliphatic carbocycles. The number of alkyl halides is 3. The standard InChI is InChI=1S/C18H22F4O4/c1-6-25-16(23)15-13(10(3)17(4,26-15)18(20,21)22)11-7-8-12(19)9(2)14(11)24-5/h7-8,10,13,15H,6H2,1-5H3/t10-,13-,15-,17+/m0/s1. The van der Waals surface area contributed by atoms with Crippen molar-refractivity contribution in [3.8, 4) is 5.75 Å². The van der Waals surface area contributed by atoms with E-state index >= 15 is 0 Å². The van der Waals surface area contributed by atoms with Crippen molar-refractivity contribution in [2.45, 2.75) is 51.5 Å². The summed E-state index contributed by atoms with van der Waals surface area (Å²) in [5, 5.41) is 0. The van der Waals surface area contributed by atoms with Crippen LogP contribution in [0.5, 0.6) is 5.75 Å². The lowest BCUT2D eigenvalue weighted by Crippen LogP contribution is -2.47. The lowest BCUT2D eigenvalue weighted by molar-refractivity contribution is -0.274. The number of ether oxygens (including phenoxy) is 3. The summed E-state index contributed by atoms with van der Waals surface area (Å²) in [7, 11) is 1.30. The maximum absolute atomic E-state index is 13.9. The maximum atomic E-state index is 13.9. The van der Waals surface area contributed by atoms with Crippen molar-refractivity contribution in [1.82, 2.24) is 0 Å². The van der Waals surface area contributed by atoms with Crippen molar-refractivity contribution in [1.29, 1.82) is 0 Å². The summed E-state index contributed by atoms with van der Waals surface area (Å²) in [4.78, 5) is 12.3. The molecular weight excluding hydrogens is 356 g/mol. The molecule has 1 aromatic carbocycles. The minimum absolute atomic E-state index is 0.00209. The number of esters is 1. The van der Waals surface area contributed by atoms with Crippen molar-refractivity contribution in [3.05, 3.63) is 29.1 Å². The average Bonchev–Trinajstić information content (AvgIpc) is 2.83. The van der Waals surface area contributed by atoms with Gasteiger partial charge >= 0.3 is 12.1 Å². The van der Waals surface area contributed by atoms with Gasteiger partial charge in [-0.3, -0.25) is 0 Å². The SMILES string of the molecule is CCOC(=O)[C@H]1O[C@@](C)(C(F)(F)F)[C@@H](C)[C@H]1c1ccc(F)c(C)c1OC. The van der Waals surface area contributed by atoms with Gasteiger partial charge in [0, 0.05) is 23.0 Å². The van der Waals surface area contributed by atoms with Gasteiger partial charge in [0.2, 0.25) is 0 Å². The first-order valence-electron chi connectivity index (χ1n) is 8.23. The predicted octanol–water partition coefficient (Wildman–Crippen LogP) is 4.15. The Hall–Kier alpha value is -1.83. The summed E-state index contributed by atoms with van der Waals surface area (Å²) in [6.07, 6.45) is -6.18. The van der Waals surface area contributed by atoms with Crippen LogP contribution in [-0.4, -0.2) is 37.6 Å². The Bertz CT molecular complexity index is 689. The van der Waals surface area contributed by atoms with E-state index in [2.05, 4.69) is 0 Å². The smallest absolute Gasteiger partial charge is 0.417 e. The van der Waals surface area contributed by atoms with Crippen LogP contribution in [0, 0.1) is 18.7 Å². The Kier molecular flexibility index (Phi) is 5.56. The summed E-state index contributed by atoms with van der Waals surface area (Å²) in [6, 6.07) is 2.48. The molecule has 1 aliphatic rings. The second-order valence-electron chi connectivity index (χ2n) is 6.50. The van der Waals surface area contributed by atoms with Gasteiger partial charge in [-0.05, 0) is 26.8 Å². The van der Waals surface area contributed by atoms with Crippen LogP contribution in [0.25, 0.3) is 0 Å². The van der Waals surface area contributed by atoms with Gasteiger partial charge in [-0.1, -0.05) is 13.0 Å². The van der Waals surface area contributed by atoms with E-state index in [0.29, 0.717) is 0 Å². The fourth-order valence-corrected chi connectivity index (χ4v) is 3.45. The number of hydrogen-bond acceptors (Lipinski definition) is 4. The minimum Gasteiger partial charge on any atom is -0.496 e. The minimum atomic E-state index is -4.70. The second-order valence-corrected chi connectivity index (χ2v) is 6.50. The number of methoxy groups -OCH3 is 1. The van der Waals surface area contributed by atoms with Crippen LogP contribution in [-0.2, 0) is 14.3 Å². The van der Waals surface area contributed by atoms with Crippen molar-refractivity contribution < 1.29 is 36.6 Å². The molecule has 0 radical (unpaired) electrons. The third-order valence-electron chi connectivity index (χ3n) is 5.12. The normalized spacial score (nSPS) is 28.9. The summed E-state index contributed by atoms with van der Waals surface area (Å²) >= 11 is 0. The molecule has 1 aliphatic heterocycles. The van der Waals surface area contributed by atoms with E-state index in [9.17, 15) is 22.4 Å². The molecule has 0 N–H and O–H groups in total. The summed E-state index contributed by atoms with van der Waals surface area (Å²) in [5.74, 6) is -3.47. The van der Waals surface area contributed by atoms with Crippen LogP contribution in [0.1, 0.15) is 37.8 Å². The molecule has 1 aromatic rings. The fraction of sp³-hybridized carbons (Fsp3) is 0.611. The van der Waals surface area contributed by atoms with Crippen LogP contribution in [0.2, 0.25) is 0 Å². The number of benzene rings is 1. The Morgan fingerprint density at radius 2 is 1.96 bits per heavy atom.